The van der Waals surface area contributed by atoms with Crippen molar-refractivity contribution < 1.29 is 14.2 Å². The minimum Gasteiger partial charge on any atom is -0.492 e. The molecule has 8 heteroatoms. The Hall–Kier alpha value is -2.35. The zero-order valence-corrected chi connectivity index (χ0v) is 16.3. The first-order valence-electron chi connectivity index (χ1n) is 9.41. The van der Waals surface area contributed by atoms with Crippen LogP contribution in [-0.2, 0) is 11.3 Å². The van der Waals surface area contributed by atoms with E-state index in [9.17, 15) is 0 Å². The number of aryl methyl sites for hydroxylation is 1. The lowest BCUT2D eigenvalue weighted by Gasteiger charge is -2.18. The molecular formula is C20H21ClN4O3. The van der Waals surface area contributed by atoms with Crippen LogP contribution < -0.4 is 14.8 Å². The molecule has 0 bridgehead atoms. The molecule has 1 unspecified atom stereocenters. The van der Waals surface area contributed by atoms with Gasteiger partial charge in [0.2, 0.25) is 0 Å². The van der Waals surface area contributed by atoms with Crippen molar-refractivity contribution in [3.05, 3.63) is 47.0 Å². The standard InChI is InChI=1S/C20H21ClN4O3/c1-12-15-2-4-25(20(15)24-11-23-12)19-8-14(10-27-19)28-18-7-13(21)6-17-16(18)9-22-3-5-26-17/h2,4,6-7,11,14,19,22H,3,5,8-10H2,1H3/t14?,19-/m0/s1. The number of benzene rings is 1. The van der Waals surface area contributed by atoms with Crippen molar-refractivity contribution in [1.82, 2.24) is 19.9 Å². The van der Waals surface area contributed by atoms with Crippen molar-refractivity contribution in [3.8, 4) is 11.5 Å². The van der Waals surface area contributed by atoms with Crippen molar-refractivity contribution in [1.29, 1.82) is 0 Å². The van der Waals surface area contributed by atoms with Gasteiger partial charge in [-0.2, -0.15) is 0 Å². The first-order chi connectivity index (χ1) is 13.7. The molecule has 0 spiro atoms. The Kier molecular flexibility index (Phi) is 4.58. The molecule has 1 N–H and O–H groups in total. The van der Waals surface area contributed by atoms with Crippen LogP contribution >= 0.6 is 11.6 Å². The summed E-state index contributed by atoms with van der Waals surface area (Å²) in [6.07, 6.45) is 4.12. The van der Waals surface area contributed by atoms with Gasteiger partial charge < -0.3 is 24.1 Å². The Morgan fingerprint density at radius 2 is 2.25 bits per heavy atom. The number of ether oxygens (including phenoxy) is 3. The molecule has 0 radical (unpaired) electrons. The van der Waals surface area contributed by atoms with Gasteiger partial charge in [-0.25, -0.2) is 9.97 Å². The second-order valence-corrected chi connectivity index (χ2v) is 7.53. The number of nitrogens with zero attached hydrogens (tertiary/aromatic N) is 3. The van der Waals surface area contributed by atoms with Gasteiger partial charge in [-0.05, 0) is 25.1 Å². The van der Waals surface area contributed by atoms with Crippen LogP contribution in [0.15, 0.2) is 30.7 Å². The van der Waals surface area contributed by atoms with Crippen molar-refractivity contribution >= 4 is 22.6 Å². The van der Waals surface area contributed by atoms with Crippen molar-refractivity contribution in [2.75, 3.05) is 19.8 Å². The molecule has 0 aliphatic carbocycles. The van der Waals surface area contributed by atoms with Gasteiger partial charge in [0.15, 0.2) is 0 Å². The highest BCUT2D eigenvalue weighted by molar-refractivity contribution is 6.30. The monoisotopic (exact) mass is 400 g/mol. The first-order valence-corrected chi connectivity index (χ1v) is 9.79. The summed E-state index contributed by atoms with van der Waals surface area (Å²) in [5, 5.41) is 4.99. The lowest BCUT2D eigenvalue weighted by atomic mass is 10.1. The molecule has 1 fully saturated rings. The van der Waals surface area contributed by atoms with Crippen LogP contribution in [0.2, 0.25) is 5.02 Å². The first kappa shape index (κ1) is 17.7. The maximum Gasteiger partial charge on any atom is 0.145 e. The molecule has 2 aromatic heterocycles. The number of halogens is 1. The largest absolute Gasteiger partial charge is 0.492 e. The molecule has 28 heavy (non-hydrogen) atoms. The summed E-state index contributed by atoms with van der Waals surface area (Å²) >= 11 is 6.28. The van der Waals surface area contributed by atoms with E-state index >= 15 is 0 Å². The number of hydrogen-bond donors (Lipinski definition) is 1. The second kappa shape index (κ2) is 7.24. The van der Waals surface area contributed by atoms with E-state index in [0.717, 1.165) is 46.8 Å². The van der Waals surface area contributed by atoms with Crippen LogP contribution in [0, 0.1) is 6.92 Å². The normalized spacial score (nSPS) is 21.9. The van der Waals surface area contributed by atoms with Gasteiger partial charge >= 0.3 is 0 Å². The van der Waals surface area contributed by atoms with Gasteiger partial charge in [0, 0.05) is 36.1 Å². The summed E-state index contributed by atoms with van der Waals surface area (Å²) in [7, 11) is 0. The fourth-order valence-electron chi connectivity index (χ4n) is 3.81. The minimum atomic E-state index is -0.121. The van der Waals surface area contributed by atoms with E-state index in [1.807, 2.05) is 31.3 Å². The summed E-state index contributed by atoms with van der Waals surface area (Å²) in [4.78, 5) is 8.68. The van der Waals surface area contributed by atoms with E-state index in [-0.39, 0.29) is 12.3 Å². The van der Waals surface area contributed by atoms with Crippen LogP contribution in [-0.4, -0.2) is 40.4 Å². The molecule has 2 aliphatic rings. The third-order valence-electron chi connectivity index (χ3n) is 5.22. The topological polar surface area (TPSA) is 70.4 Å². The van der Waals surface area contributed by atoms with E-state index in [1.54, 1.807) is 6.33 Å². The van der Waals surface area contributed by atoms with E-state index in [0.29, 0.717) is 24.8 Å². The molecule has 146 valence electrons. The lowest BCUT2D eigenvalue weighted by molar-refractivity contribution is 0.0526. The highest BCUT2D eigenvalue weighted by atomic mass is 35.5. The number of hydrogen-bond acceptors (Lipinski definition) is 6. The Morgan fingerprint density at radius 1 is 1.32 bits per heavy atom. The fraction of sp³-hybridized carbons (Fsp3) is 0.400. The van der Waals surface area contributed by atoms with Gasteiger partial charge in [-0.1, -0.05) is 11.6 Å². The molecule has 0 saturated carbocycles. The molecule has 2 atom stereocenters. The zero-order valence-electron chi connectivity index (χ0n) is 15.5. The van der Waals surface area contributed by atoms with Crippen molar-refractivity contribution in [2.24, 2.45) is 0 Å². The van der Waals surface area contributed by atoms with E-state index < -0.39 is 0 Å². The molecule has 2 aliphatic heterocycles. The Bertz CT molecular complexity index is 1020. The number of nitrogens with one attached hydrogen (secondary N) is 1. The van der Waals surface area contributed by atoms with E-state index in [1.165, 1.54) is 0 Å². The van der Waals surface area contributed by atoms with Crippen LogP contribution in [0.3, 0.4) is 0 Å². The Labute approximate surface area is 167 Å². The molecule has 3 aromatic rings. The van der Waals surface area contributed by atoms with Crippen molar-refractivity contribution in [3.63, 3.8) is 0 Å². The Balaban J connectivity index is 1.37. The van der Waals surface area contributed by atoms with Crippen molar-refractivity contribution in [2.45, 2.75) is 32.2 Å². The van der Waals surface area contributed by atoms with Gasteiger partial charge in [0.25, 0.3) is 0 Å². The molecule has 5 rings (SSSR count). The van der Waals surface area contributed by atoms with Crippen LogP contribution in [0.5, 0.6) is 11.5 Å². The average molecular weight is 401 g/mol. The molecule has 4 heterocycles. The number of fused-ring (bicyclic) bond motifs is 2. The summed E-state index contributed by atoms with van der Waals surface area (Å²) in [5.41, 5.74) is 2.84. The SMILES string of the molecule is Cc1ncnc2c1ccn2[C@@H]1CC(Oc2cc(Cl)cc3c2CNCCO3)CO1. The zero-order chi connectivity index (χ0) is 19.1. The van der Waals surface area contributed by atoms with Gasteiger partial charge in [-0.3, -0.25) is 0 Å². The maximum atomic E-state index is 6.30. The van der Waals surface area contributed by atoms with Gasteiger partial charge in [0.05, 0.1) is 17.9 Å². The molecule has 1 aromatic carbocycles. The average Bonchev–Trinajstić information content (AvgIpc) is 3.24. The second-order valence-electron chi connectivity index (χ2n) is 7.09. The predicted molar refractivity (Wildman–Crippen MR) is 105 cm³/mol. The third kappa shape index (κ3) is 3.19. The van der Waals surface area contributed by atoms with Gasteiger partial charge in [0.1, 0.15) is 42.4 Å². The number of rotatable bonds is 3. The predicted octanol–water partition coefficient (Wildman–Crippen LogP) is 3.24. The highest BCUT2D eigenvalue weighted by Crippen LogP contribution is 2.37. The van der Waals surface area contributed by atoms with Gasteiger partial charge in [-0.15, -0.1) is 0 Å². The molecule has 7 nitrogen and oxygen atoms in total. The van der Waals surface area contributed by atoms with E-state index in [4.69, 9.17) is 25.8 Å². The summed E-state index contributed by atoms with van der Waals surface area (Å²) in [5.74, 6) is 1.54. The molecule has 1 saturated heterocycles. The quantitative estimate of drug-likeness (QED) is 0.727. The fourth-order valence-corrected chi connectivity index (χ4v) is 4.01. The third-order valence-corrected chi connectivity index (χ3v) is 5.44. The highest BCUT2D eigenvalue weighted by Gasteiger charge is 2.30. The molecule has 0 amide bonds. The summed E-state index contributed by atoms with van der Waals surface area (Å²) in [6.45, 7) is 4.59. The summed E-state index contributed by atoms with van der Waals surface area (Å²) < 4.78 is 20.2. The molecular weight excluding hydrogens is 380 g/mol. The maximum absolute atomic E-state index is 6.30. The number of aromatic nitrogens is 3. The van der Waals surface area contributed by atoms with Crippen LogP contribution in [0.1, 0.15) is 23.9 Å². The smallest absolute Gasteiger partial charge is 0.145 e. The Morgan fingerprint density at radius 3 is 3.18 bits per heavy atom. The van der Waals surface area contributed by atoms with Crippen LogP contribution in [0.4, 0.5) is 0 Å². The lowest BCUT2D eigenvalue weighted by Crippen LogP contribution is -2.19. The summed E-state index contributed by atoms with van der Waals surface area (Å²) in [6, 6.07) is 5.73. The van der Waals surface area contributed by atoms with Crippen LogP contribution in [0.25, 0.3) is 11.0 Å². The minimum absolute atomic E-state index is 0.0730. The van der Waals surface area contributed by atoms with E-state index in [2.05, 4.69) is 19.9 Å².